The fraction of sp³-hybridized carbons (Fsp3) is 0.190. The van der Waals surface area contributed by atoms with Crippen LogP contribution >= 0.6 is 15.9 Å². The topological polar surface area (TPSA) is 38.7 Å². The molecule has 0 N–H and O–H groups in total. The van der Waals surface area contributed by atoms with E-state index in [0.29, 0.717) is 0 Å². The summed E-state index contributed by atoms with van der Waals surface area (Å²) in [5.41, 5.74) is 2.07. The monoisotopic (exact) mass is 391 g/mol. The molecule has 25 heavy (non-hydrogen) atoms. The lowest BCUT2D eigenvalue weighted by atomic mass is 9.99. The number of rotatable bonds is 3. The van der Waals surface area contributed by atoms with Crippen molar-refractivity contribution in [1.29, 1.82) is 0 Å². The van der Waals surface area contributed by atoms with Crippen LogP contribution in [0, 0.1) is 0 Å². The molecule has 0 radical (unpaired) electrons. The van der Waals surface area contributed by atoms with Crippen LogP contribution in [0.3, 0.4) is 0 Å². The van der Waals surface area contributed by atoms with Crippen molar-refractivity contribution in [3.05, 3.63) is 82.9 Å². The summed E-state index contributed by atoms with van der Waals surface area (Å²) < 4.78 is 0.991. The molecule has 2 aliphatic carbocycles. The summed E-state index contributed by atoms with van der Waals surface area (Å²) in [5, 5.41) is 0. The quantitative estimate of drug-likeness (QED) is 0.679. The molecular weight excluding hydrogens is 374 g/mol. The first-order valence-corrected chi connectivity index (χ1v) is 9.32. The fourth-order valence-electron chi connectivity index (χ4n) is 3.00. The second-order valence-electron chi connectivity index (χ2n) is 6.12. The molecule has 0 aliphatic heterocycles. The number of allylic oxidation sites excluding steroid dienone is 8. The van der Waals surface area contributed by atoms with Crippen LogP contribution in [-0.2, 0) is 0 Å². The zero-order valence-corrected chi connectivity index (χ0v) is 15.4. The third-order valence-corrected chi connectivity index (χ3v) is 5.02. The third kappa shape index (κ3) is 3.54. The second-order valence-corrected chi connectivity index (χ2v) is 6.97. The van der Waals surface area contributed by atoms with Gasteiger partial charge in [-0.3, -0.25) is 0 Å². The van der Waals surface area contributed by atoms with Crippen LogP contribution < -0.4 is 0 Å². The van der Waals surface area contributed by atoms with Gasteiger partial charge in [0.05, 0.1) is 0 Å². The highest BCUT2D eigenvalue weighted by atomic mass is 79.9. The van der Waals surface area contributed by atoms with Crippen molar-refractivity contribution in [2.75, 3.05) is 0 Å². The Morgan fingerprint density at radius 1 is 0.920 bits per heavy atom. The molecule has 1 aromatic carbocycles. The number of hydrogen-bond donors (Lipinski definition) is 0. The molecule has 0 amide bonds. The van der Waals surface area contributed by atoms with E-state index in [-0.39, 0.29) is 5.92 Å². The van der Waals surface area contributed by atoms with Gasteiger partial charge in [0.1, 0.15) is 5.82 Å². The fourth-order valence-corrected chi connectivity index (χ4v) is 3.46. The summed E-state index contributed by atoms with van der Waals surface area (Å²) >= 11 is 3.62. The van der Waals surface area contributed by atoms with E-state index < -0.39 is 0 Å². The lowest BCUT2D eigenvalue weighted by Gasteiger charge is -2.15. The van der Waals surface area contributed by atoms with Crippen molar-refractivity contribution >= 4 is 21.5 Å². The van der Waals surface area contributed by atoms with Gasteiger partial charge >= 0.3 is 0 Å². The predicted octanol–water partition coefficient (Wildman–Crippen LogP) is 5.63. The molecule has 0 saturated heterocycles. The molecule has 1 aromatic heterocycles. The Hall–Kier alpha value is -2.33. The lowest BCUT2D eigenvalue weighted by Crippen LogP contribution is -2.09. The Balaban J connectivity index is 1.84. The molecule has 2 aromatic rings. The maximum absolute atomic E-state index is 4.79. The summed E-state index contributed by atoms with van der Waals surface area (Å²) in [7, 11) is 0. The van der Waals surface area contributed by atoms with Crippen molar-refractivity contribution in [3.8, 4) is 11.4 Å². The van der Waals surface area contributed by atoms with Crippen LogP contribution in [0.2, 0.25) is 0 Å². The summed E-state index contributed by atoms with van der Waals surface area (Å²) in [6.45, 7) is 0. The molecular formula is C21H18BrN3. The van der Waals surface area contributed by atoms with Gasteiger partial charge in [0.15, 0.2) is 11.6 Å². The maximum atomic E-state index is 4.79. The number of halogens is 1. The van der Waals surface area contributed by atoms with E-state index in [9.17, 15) is 0 Å². The minimum atomic E-state index is 0.196. The smallest absolute Gasteiger partial charge is 0.164 e. The molecule has 0 saturated carbocycles. The number of nitrogens with zero attached hydrogens (tertiary/aromatic N) is 3. The van der Waals surface area contributed by atoms with Crippen molar-refractivity contribution < 1.29 is 0 Å². The van der Waals surface area contributed by atoms with Crippen LogP contribution in [0.25, 0.3) is 17.0 Å². The van der Waals surface area contributed by atoms with E-state index in [1.807, 2.05) is 24.3 Å². The predicted molar refractivity (Wildman–Crippen MR) is 105 cm³/mol. The Kier molecular flexibility index (Phi) is 4.70. The van der Waals surface area contributed by atoms with E-state index >= 15 is 0 Å². The van der Waals surface area contributed by atoms with Crippen LogP contribution in [0.5, 0.6) is 0 Å². The minimum absolute atomic E-state index is 0.196. The average molecular weight is 392 g/mol. The van der Waals surface area contributed by atoms with Crippen molar-refractivity contribution in [1.82, 2.24) is 15.0 Å². The zero-order valence-electron chi connectivity index (χ0n) is 13.8. The highest BCUT2D eigenvalue weighted by molar-refractivity contribution is 9.10. The molecule has 124 valence electrons. The third-order valence-electron chi connectivity index (χ3n) is 4.33. The first-order valence-electron chi connectivity index (χ1n) is 8.52. The Bertz CT molecular complexity index is 909. The molecule has 1 heterocycles. The zero-order chi connectivity index (χ0) is 17.1. The highest BCUT2D eigenvalue weighted by Crippen LogP contribution is 2.30. The first-order chi connectivity index (χ1) is 12.3. The van der Waals surface area contributed by atoms with Crippen LogP contribution in [-0.4, -0.2) is 15.0 Å². The SMILES string of the molecule is Brc1ccccc1-c1nc(C2=CCCC=C2)nc(C2C=CC=CC2)n1. The Morgan fingerprint density at radius 3 is 2.56 bits per heavy atom. The Morgan fingerprint density at radius 2 is 1.80 bits per heavy atom. The van der Waals surface area contributed by atoms with Gasteiger partial charge in [0.25, 0.3) is 0 Å². The van der Waals surface area contributed by atoms with Crippen LogP contribution in [0.1, 0.15) is 36.8 Å². The van der Waals surface area contributed by atoms with Crippen molar-refractivity contribution in [2.24, 2.45) is 0 Å². The van der Waals surface area contributed by atoms with Gasteiger partial charge in [0.2, 0.25) is 0 Å². The van der Waals surface area contributed by atoms with E-state index in [4.69, 9.17) is 15.0 Å². The molecule has 0 spiro atoms. The van der Waals surface area contributed by atoms with Gasteiger partial charge in [-0.15, -0.1) is 0 Å². The van der Waals surface area contributed by atoms with Crippen molar-refractivity contribution in [2.45, 2.75) is 25.2 Å². The summed E-state index contributed by atoms with van der Waals surface area (Å²) in [6.07, 6.45) is 18.0. The molecule has 1 unspecified atom stereocenters. The molecule has 2 aliphatic rings. The second kappa shape index (κ2) is 7.28. The van der Waals surface area contributed by atoms with E-state index in [0.717, 1.165) is 52.3 Å². The van der Waals surface area contributed by atoms with E-state index in [1.54, 1.807) is 0 Å². The lowest BCUT2D eigenvalue weighted by molar-refractivity contribution is 0.756. The summed E-state index contributed by atoms with van der Waals surface area (Å²) in [4.78, 5) is 14.4. The van der Waals surface area contributed by atoms with Crippen LogP contribution in [0.4, 0.5) is 0 Å². The molecule has 0 bridgehead atoms. The summed E-state index contributed by atoms with van der Waals surface area (Å²) in [5.74, 6) is 2.50. The van der Waals surface area contributed by atoms with Crippen LogP contribution in [0.15, 0.2) is 71.3 Å². The van der Waals surface area contributed by atoms with Gasteiger partial charge < -0.3 is 0 Å². The van der Waals surface area contributed by atoms with Crippen molar-refractivity contribution in [3.63, 3.8) is 0 Å². The number of benzene rings is 1. The molecule has 0 fully saturated rings. The van der Waals surface area contributed by atoms with Gasteiger partial charge in [-0.25, -0.2) is 15.0 Å². The normalized spacial score (nSPS) is 19.1. The molecule has 4 heteroatoms. The molecule has 3 nitrogen and oxygen atoms in total. The van der Waals surface area contributed by atoms with E-state index in [2.05, 4.69) is 58.5 Å². The van der Waals surface area contributed by atoms with Gasteiger partial charge in [-0.2, -0.15) is 0 Å². The molecule has 1 atom stereocenters. The standard InChI is InChI=1S/C21H18BrN3/c22-18-14-8-7-13-17(18)21-24-19(15-9-3-1-4-10-15)23-20(25-21)16-11-5-2-6-12-16/h1,3-5,7-9,11-15H,2,6,10H2. The van der Waals surface area contributed by atoms with E-state index in [1.165, 1.54) is 0 Å². The highest BCUT2D eigenvalue weighted by Gasteiger charge is 2.18. The van der Waals surface area contributed by atoms with Gasteiger partial charge in [-0.05, 0) is 25.3 Å². The Labute approximate surface area is 156 Å². The minimum Gasteiger partial charge on any atom is -0.212 e. The average Bonchev–Trinajstić information content (AvgIpc) is 2.69. The first kappa shape index (κ1) is 16.2. The summed E-state index contributed by atoms with van der Waals surface area (Å²) in [6, 6.07) is 8.06. The van der Waals surface area contributed by atoms with Gasteiger partial charge in [-0.1, -0.05) is 76.7 Å². The number of hydrogen-bond acceptors (Lipinski definition) is 3. The largest absolute Gasteiger partial charge is 0.212 e. The maximum Gasteiger partial charge on any atom is 0.164 e. The molecule has 4 rings (SSSR count). The van der Waals surface area contributed by atoms with Gasteiger partial charge in [0, 0.05) is 21.5 Å². The number of aromatic nitrogens is 3.